The molecule has 174 valence electrons. The molecule has 0 bridgehead atoms. The molecule has 7 nitrogen and oxygen atoms in total. The molecule has 1 aliphatic rings. The largest absolute Gasteiger partial charge is 0.449 e. The number of aromatic nitrogens is 1. The van der Waals surface area contributed by atoms with Gasteiger partial charge in [0.25, 0.3) is 5.91 Å². The Labute approximate surface area is 198 Å². The Hall–Kier alpha value is -3.65. The number of carbonyl (C=O) groups excluding carboxylic acids is 1. The number of hydrogen-bond donors (Lipinski definition) is 1. The van der Waals surface area contributed by atoms with Crippen molar-refractivity contribution in [2.24, 2.45) is 0 Å². The molecule has 0 aliphatic carbocycles. The lowest BCUT2D eigenvalue weighted by Crippen LogP contribution is -2.29. The maximum Gasteiger partial charge on any atom is 0.287 e. The van der Waals surface area contributed by atoms with Crippen LogP contribution in [-0.2, 0) is 16.4 Å². The molecule has 8 heteroatoms. The van der Waals surface area contributed by atoms with E-state index in [1.807, 2.05) is 6.07 Å². The van der Waals surface area contributed by atoms with Crippen molar-refractivity contribution < 1.29 is 17.6 Å². The number of piperidine rings is 1. The number of fused-ring (bicyclic) bond motifs is 1. The Morgan fingerprint density at radius 3 is 2.53 bits per heavy atom. The van der Waals surface area contributed by atoms with Gasteiger partial charge in [-0.15, -0.1) is 0 Å². The highest BCUT2D eigenvalue weighted by atomic mass is 32.2. The maximum atomic E-state index is 13.2. The molecule has 0 saturated carbocycles. The molecule has 0 spiro atoms. The van der Waals surface area contributed by atoms with Crippen LogP contribution in [0, 0.1) is 0 Å². The third kappa shape index (κ3) is 4.54. The van der Waals surface area contributed by atoms with E-state index in [0.29, 0.717) is 5.58 Å². The van der Waals surface area contributed by atoms with E-state index in [1.54, 1.807) is 67.0 Å². The molecule has 3 heterocycles. The molecule has 1 N–H and O–H groups in total. The molecule has 34 heavy (non-hydrogen) atoms. The summed E-state index contributed by atoms with van der Waals surface area (Å²) in [5.41, 5.74) is 2.28. The fraction of sp³-hybridized carbons (Fsp3) is 0.231. The maximum absolute atomic E-state index is 13.2. The van der Waals surface area contributed by atoms with Crippen LogP contribution in [0.4, 0.5) is 5.69 Å². The Kier molecular flexibility index (Phi) is 6.06. The molecule has 0 radical (unpaired) electrons. The first kappa shape index (κ1) is 22.2. The second-order valence-corrected chi connectivity index (χ2v) is 10.3. The number of hydrogen-bond acceptors (Lipinski definition) is 6. The Balaban J connectivity index is 1.27. The summed E-state index contributed by atoms with van der Waals surface area (Å²) in [7, 11) is -3.64. The summed E-state index contributed by atoms with van der Waals surface area (Å²) >= 11 is 0. The van der Waals surface area contributed by atoms with Gasteiger partial charge in [0.1, 0.15) is 0 Å². The Morgan fingerprint density at radius 2 is 1.76 bits per heavy atom. The number of amides is 1. The van der Waals surface area contributed by atoms with Crippen LogP contribution in [0.2, 0.25) is 0 Å². The molecule has 5 rings (SSSR count). The van der Waals surface area contributed by atoms with Gasteiger partial charge < -0.3 is 14.6 Å². The lowest BCUT2D eigenvalue weighted by Gasteiger charge is -2.29. The summed E-state index contributed by atoms with van der Waals surface area (Å²) in [4.78, 5) is 19.2. The van der Waals surface area contributed by atoms with Crippen LogP contribution in [-0.4, -0.2) is 32.4 Å². The molecule has 0 atom stereocenters. The first-order valence-electron chi connectivity index (χ1n) is 11.3. The third-order valence-electron chi connectivity index (χ3n) is 6.08. The number of nitrogens with one attached hydrogen (secondary N) is 1. The summed E-state index contributed by atoms with van der Waals surface area (Å²) in [5.74, 6) is -0.141. The van der Waals surface area contributed by atoms with E-state index in [9.17, 15) is 13.2 Å². The lowest BCUT2D eigenvalue weighted by atomic mass is 10.1. The van der Waals surface area contributed by atoms with Gasteiger partial charge in [-0.25, -0.2) is 8.42 Å². The number of carbonyl (C=O) groups is 1. The van der Waals surface area contributed by atoms with Crippen molar-refractivity contribution in [1.82, 2.24) is 10.3 Å². The van der Waals surface area contributed by atoms with Gasteiger partial charge in [-0.1, -0.05) is 18.2 Å². The molecule has 2 aromatic carbocycles. The van der Waals surface area contributed by atoms with Crippen molar-refractivity contribution in [3.05, 3.63) is 84.4 Å². The zero-order valence-corrected chi connectivity index (χ0v) is 19.4. The Morgan fingerprint density at radius 1 is 0.971 bits per heavy atom. The van der Waals surface area contributed by atoms with Gasteiger partial charge in [-0.05, 0) is 67.3 Å². The summed E-state index contributed by atoms with van der Waals surface area (Å²) in [6, 6.07) is 17.2. The number of pyridine rings is 1. The smallest absolute Gasteiger partial charge is 0.287 e. The van der Waals surface area contributed by atoms with E-state index in [4.69, 9.17) is 4.42 Å². The fourth-order valence-corrected chi connectivity index (χ4v) is 5.49. The van der Waals surface area contributed by atoms with Gasteiger partial charge in [0.15, 0.2) is 11.3 Å². The molecule has 1 fully saturated rings. The first-order valence-corrected chi connectivity index (χ1v) is 12.8. The standard InChI is InChI=1S/C26H25N3O4S/c30-26(24-15-20-11-12-27-18-25(20)33-24)28-17-19-7-9-22(10-8-19)34(31,32)23-6-4-5-21(16-23)29-13-2-1-3-14-29/h4-12,15-16,18H,1-3,13-14,17H2,(H,28,30). The highest BCUT2D eigenvalue weighted by molar-refractivity contribution is 7.91. The monoisotopic (exact) mass is 475 g/mol. The van der Waals surface area contributed by atoms with Crippen molar-refractivity contribution >= 4 is 32.4 Å². The van der Waals surface area contributed by atoms with Crippen molar-refractivity contribution in [2.45, 2.75) is 35.6 Å². The summed E-state index contributed by atoms with van der Waals surface area (Å²) in [6.45, 7) is 2.16. The predicted octanol–water partition coefficient (Wildman–Crippen LogP) is 4.58. The summed E-state index contributed by atoms with van der Waals surface area (Å²) in [6.07, 6.45) is 6.68. The SMILES string of the molecule is O=C(NCc1ccc(S(=O)(=O)c2cccc(N3CCCCC3)c2)cc1)c1cc2ccncc2o1. The highest BCUT2D eigenvalue weighted by Gasteiger charge is 2.20. The number of benzene rings is 2. The molecule has 2 aromatic heterocycles. The second-order valence-electron chi connectivity index (χ2n) is 8.40. The molecule has 1 saturated heterocycles. The minimum atomic E-state index is -3.64. The number of furan rings is 1. The van der Waals surface area contributed by atoms with E-state index in [2.05, 4.69) is 15.2 Å². The van der Waals surface area contributed by atoms with Crippen molar-refractivity contribution in [3.63, 3.8) is 0 Å². The quantitative estimate of drug-likeness (QED) is 0.439. The van der Waals surface area contributed by atoms with Crippen LogP contribution < -0.4 is 10.2 Å². The zero-order valence-electron chi connectivity index (χ0n) is 18.6. The van der Waals surface area contributed by atoms with E-state index in [0.717, 1.165) is 42.6 Å². The highest BCUT2D eigenvalue weighted by Crippen LogP contribution is 2.27. The first-order chi connectivity index (χ1) is 16.5. The normalized spacial score (nSPS) is 14.3. The van der Waals surface area contributed by atoms with Crippen molar-refractivity contribution in [3.8, 4) is 0 Å². The average molecular weight is 476 g/mol. The third-order valence-corrected chi connectivity index (χ3v) is 7.85. The van der Waals surface area contributed by atoms with Crippen LogP contribution in [0.25, 0.3) is 11.0 Å². The van der Waals surface area contributed by atoms with Crippen LogP contribution in [0.3, 0.4) is 0 Å². The molecule has 1 aliphatic heterocycles. The number of nitrogens with zero attached hydrogens (tertiary/aromatic N) is 2. The molecular formula is C26H25N3O4S. The van der Waals surface area contributed by atoms with Crippen LogP contribution in [0.5, 0.6) is 0 Å². The van der Waals surface area contributed by atoms with Crippen molar-refractivity contribution in [1.29, 1.82) is 0 Å². The summed E-state index contributed by atoms with van der Waals surface area (Å²) in [5, 5.41) is 3.61. The van der Waals surface area contributed by atoms with Gasteiger partial charge in [0.2, 0.25) is 9.84 Å². The topological polar surface area (TPSA) is 92.5 Å². The van der Waals surface area contributed by atoms with Gasteiger partial charge in [0.05, 0.1) is 16.0 Å². The van der Waals surface area contributed by atoms with Gasteiger partial charge in [-0.3, -0.25) is 9.78 Å². The van der Waals surface area contributed by atoms with Crippen LogP contribution in [0.1, 0.15) is 35.4 Å². The number of sulfone groups is 1. The van der Waals surface area contributed by atoms with Gasteiger partial charge in [0, 0.05) is 36.9 Å². The van der Waals surface area contributed by atoms with Gasteiger partial charge in [-0.2, -0.15) is 0 Å². The lowest BCUT2D eigenvalue weighted by molar-refractivity contribution is 0.0925. The van der Waals surface area contributed by atoms with Crippen LogP contribution in [0.15, 0.2) is 87.3 Å². The molecule has 0 unspecified atom stereocenters. The van der Waals surface area contributed by atoms with E-state index >= 15 is 0 Å². The molecule has 1 amide bonds. The van der Waals surface area contributed by atoms with Crippen molar-refractivity contribution in [2.75, 3.05) is 18.0 Å². The zero-order chi connectivity index (χ0) is 23.5. The summed E-state index contributed by atoms with van der Waals surface area (Å²) < 4.78 is 31.9. The van der Waals surface area contributed by atoms with Crippen LogP contribution >= 0.6 is 0 Å². The molecular weight excluding hydrogens is 450 g/mol. The predicted molar refractivity (Wildman–Crippen MR) is 130 cm³/mol. The number of rotatable bonds is 6. The number of anilines is 1. The second kappa shape index (κ2) is 9.30. The van der Waals surface area contributed by atoms with Gasteiger partial charge >= 0.3 is 0 Å². The van der Waals surface area contributed by atoms with E-state index < -0.39 is 9.84 Å². The Bertz CT molecular complexity index is 1390. The van der Waals surface area contributed by atoms with E-state index in [-0.39, 0.29) is 28.0 Å². The minimum Gasteiger partial charge on any atom is -0.449 e. The average Bonchev–Trinajstić information content (AvgIpc) is 3.33. The molecule has 4 aromatic rings. The minimum absolute atomic E-state index is 0.204. The van der Waals surface area contributed by atoms with E-state index in [1.165, 1.54) is 6.42 Å². The fourth-order valence-electron chi connectivity index (χ4n) is 4.19.